The maximum Gasteiger partial charge on any atom is 0.166 e. The highest BCUT2D eigenvalue weighted by atomic mass is 79.9. The lowest BCUT2D eigenvalue weighted by Crippen LogP contribution is -2.30. The molecule has 3 nitrogen and oxygen atoms in total. The van der Waals surface area contributed by atoms with E-state index in [1.54, 1.807) is 6.20 Å². The van der Waals surface area contributed by atoms with E-state index in [-0.39, 0.29) is 5.82 Å². The number of pyridine rings is 1. The Bertz CT molecular complexity index is 383. The summed E-state index contributed by atoms with van der Waals surface area (Å²) in [7, 11) is 1.88. The van der Waals surface area contributed by atoms with Crippen LogP contribution in [0.25, 0.3) is 0 Å². The molecule has 0 bridgehead atoms. The zero-order chi connectivity index (χ0) is 12.3. The van der Waals surface area contributed by atoms with Gasteiger partial charge in [-0.2, -0.15) is 0 Å². The molecule has 1 fully saturated rings. The molecule has 1 saturated heterocycles. The summed E-state index contributed by atoms with van der Waals surface area (Å²) in [6.45, 7) is 2.46. The first-order chi connectivity index (χ1) is 8.16. The van der Waals surface area contributed by atoms with Crippen LogP contribution in [0.3, 0.4) is 0 Å². The predicted molar refractivity (Wildman–Crippen MR) is 68.7 cm³/mol. The molecule has 5 heteroatoms. The smallest absolute Gasteiger partial charge is 0.166 e. The van der Waals surface area contributed by atoms with E-state index < -0.39 is 0 Å². The zero-order valence-electron chi connectivity index (χ0n) is 9.83. The number of rotatable bonds is 3. The second-order valence-corrected chi connectivity index (χ2v) is 5.31. The van der Waals surface area contributed by atoms with Gasteiger partial charge in [0.2, 0.25) is 0 Å². The number of halogens is 2. The third-order valence-electron chi connectivity index (χ3n) is 3.02. The predicted octanol–water partition coefficient (Wildman–Crippen LogP) is 2.85. The summed E-state index contributed by atoms with van der Waals surface area (Å²) in [5, 5.41) is 0. The van der Waals surface area contributed by atoms with E-state index in [2.05, 4.69) is 20.9 Å². The Morgan fingerprint density at radius 3 is 2.88 bits per heavy atom. The van der Waals surface area contributed by atoms with Gasteiger partial charge in [-0.05, 0) is 40.8 Å². The van der Waals surface area contributed by atoms with Gasteiger partial charge in [0.15, 0.2) is 11.6 Å². The fourth-order valence-electron chi connectivity index (χ4n) is 2.09. The molecule has 0 amide bonds. The average Bonchev–Trinajstić information content (AvgIpc) is 2.30. The molecular weight excluding hydrogens is 287 g/mol. The second kappa shape index (κ2) is 5.78. The molecule has 1 aromatic rings. The maximum atomic E-state index is 13.7. The van der Waals surface area contributed by atoms with Crippen molar-refractivity contribution in [2.75, 3.05) is 31.7 Å². The van der Waals surface area contributed by atoms with E-state index in [1.807, 2.05) is 11.9 Å². The first kappa shape index (κ1) is 12.8. The molecule has 0 radical (unpaired) electrons. The Labute approximate surface area is 109 Å². The lowest BCUT2D eigenvalue weighted by Gasteiger charge is -2.27. The Morgan fingerprint density at radius 1 is 1.53 bits per heavy atom. The van der Waals surface area contributed by atoms with Gasteiger partial charge in [-0.15, -0.1) is 0 Å². The van der Waals surface area contributed by atoms with E-state index in [9.17, 15) is 4.39 Å². The van der Waals surface area contributed by atoms with Gasteiger partial charge >= 0.3 is 0 Å². The average molecular weight is 303 g/mol. The standard InChI is InChI=1S/C12H16BrFN2O/c1-16(8-9-2-4-17-5-3-9)12-11(14)6-10(13)7-15-12/h6-7,9H,2-5,8H2,1H3. The molecule has 1 aliphatic rings. The van der Waals surface area contributed by atoms with Gasteiger partial charge in [0, 0.05) is 37.5 Å². The van der Waals surface area contributed by atoms with Crippen LogP contribution in [-0.4, -0.2) is 31.8 Å². The molecule has 0 unspecified atom stereocenters. The van der Waals surface area contributed by atoms with Gasteiger partial charge in [-0.1, -0.05) is 0 Å². The van der Waals surface area contributed by atoms with E-state index in [0.717, 1.165) is 32.6 Å². The monoisotopic (exact) mass is 302 g/mol. The van der Waals surface area contributed by atoms with Crippen LogP contribution in [0.15, 0.2) is 16.7 Å². The van der Waals surface area contributed by atoms with Gasteiger partial charge in [0.1, 0.15) is 0 Å². The highest BCUT2D eigenvalue weighted by Gasteiger charge is 2.18. The van der Waals surface area contributed by atoms with Crippen molar-refractivity contribution in [2.24, 2.45) is 5.92 Å². The quantitative estimate of drug-likeness (QED) is 0.858. The number of aromatic nitrogens is 1. The molecule has 0 spiro atoms. The highest BCUT2D eigenvalue weighted by molar-refractivity contribution is 9.10. The van der Waals surface area contributed by atoms with Crippen molar-refractivity contribution in [1.82, 2.24) is 4.98 Å². The molecule has 0 saturated carbocycles. The molecule has 2 heterocycles. The van der Waals surface area contributed by atoms with Crippen LogP contribution in [0.2, 0.25) is 0 Å². The Hall–Kier alpha value is -0.680. The largest absolute Gasteiger partial charge is 0.381 e. The van der Waals surface area contributed by atoms with Gasteiger partial charge in [-0.25, -0.2) is 9.37 Å². The summed E-state index contributed by atoms with van der Waals surface area (Å²) in [6, 6.07) is 1.45. The normalized spacial score (nSPS) is 17.1. The number of nitrogens with zero attached hydrogens (tertiary/aromatic N) is 2. The first-order valence-electron chi connectivity index (χ1n) is 5.76. The minimum absolute atomic E-state index is 0.283. The Balaban J connectivity index is 2.00. The first-order valence-corrected chi connectivity index (χ1v) is 6.56. The molecule has 1 aromatic heterocycles. The van der Waals surface area contributed by atoms with Crippen molar-refractivity contribution >= 4 is 21.7 Å². The molecule has 0 aromatic carbocycles. The molecule has 1 aliphatic heterocycles. The lowest BCUT2D eigenvalue weighted by molar-refractivity contribution is 0.0684. The molecule has 0 N–H and O–H groups in total. The summed E-state index contributed by atoms with van der Waals surface area (Å²) in [4.78, 5) is 6.00. The summed E-state index contributed by atoms with van der Waals surface area (Å²) < 4.78 is 19.7. The summed E-state index contributed by atoms with van der Waals surface area (Å²) in [6.07, 6.45) is 3.71. The maximum absolute atomic E-state index is 13.7. The summed E-state index contributed by atoms with van der Waals surface area (Å²) in [5.74, 6) is 0.701. The van der Waals surface area contributed by atoms with Crippen LogP contribution in [0.4, 0.5) is 10.2 Å². The van der Waals surface area contributed by atoms with Gasteiger partial charge < -0.3 is 9.64 Å². The van der Waals surface area contributed by atoms with Gasteiger partial charge in [-0.3, -0.25) is 0 Å². The van der Waals surface area contributed by atoms with E-state index in [0.29, 0.717) is 16.2 Å². The third kappa shape index (κ3) is 3.39. The van der Waals surface area contributed by atoms with Gasteiger partial charge in [0.25, 0.3) is 0 Å². The van der Waals surface area contributed by atoms with E-state index >= 15 is 0 Å². The summed E-state index contributed by atoms with van der Waals surface area (Å²) in [5.41, 5.74) is 0. The minimum atomic E-state index is -0.283. The fraction of sp³-hybridized carbons (Fsp3) is 0.583. The van der Waals surface area contributed by atoms with Crippen molar-refractivity contribution in [3.8, 4) is 0 Å². The van der Waals surface area contributed by atoms with Crippen molar-refractivity contribution < 1.29 is 9.13 Å². The zero-order valence-corrected chi connectivity index (χ0v) is 11.4. The van der Waals surface area contributed by atoms with Crippen molar-refractivity contribution in [2.45, 2.75) is 12.8 Å². The number of hydrogen-bond donors (Lipinski definition) is 0. The SMILES string of the molecule is CN(CC1CCOCC1)c1ncc(Br)cc1F. The topological polar surface area (TPSA) is 25.4 Å². The van der Waals surface area contributed by atoms with Crippen LogP contribution < -0.4 is 4.90 Å². The number of hydrogen-bond acceptors (Lipinski definition) is 3. The molecule has 94 valence electrons. The number of anilines is 1. The van der Waals surface area contributed by atoms with Crippen molar-refractivity contribution in [1.29, 1.82) is 0 Å². The molecule has 2 rings (SSSR count). The minimum Gasteiger partial charge on any atom is -0.381 e. The van der Waals surface area contributed by atoms with Crippen LogP contribution in [0, 0.1) is 11.7 Å². The van der Waals surface area contributed by atoms with Gasteiger partial charge in [0.05, 0.1) is 0 Å². The molecular formula is C12H16BrFN2O. The molecule has 0 atom stereocenters. The second-order valence-electron chi connectivity index (χ2n) is 4.40. The van der Waals surface area contributed by atoms with E-state index in [1.165, 1.54) is 6.07 Å². The Morgan fingerprint density at radius 2 is 2.24 bits per heavy atom. The molecule has 0 aliphatic carbocycles. The van der Waals surface area contributed by atoms with Crippen LogP contribution in [-0.2, 0) is 4.74 Å². The van der Waals surface area contributed by atoms with Crippen LogP contribution in [0.1, 0.15) is 12.8 Å². The van der Waals surface area contributed by atoms with E-state index in [4.69, 9.17) is 4.74 Å². The fourth-order valence-corrected chi connectivity index (χ4v) is 2.39. The lowest BCUT2D eigenvalue weighted by atomic mass is 10.00. The highest BCUT2D eigenvalue weighted by Crippen LogP contribution is 2.22. The van der Waals surface area contributed by atoms with Crippen molar-refractivity contribution in [3.05, 3.63) is 22.6 Å². The summed E-state index contributed by atoms with van der Waals surface area (Å²) >= 11 is 3.21. The van der Waals surface area contributed by atoms with Crippen LogP contribution >= 0.6 is 15.9 Å². The van der Waals surface area contributed by atoms with Crippen LogP contribution in [0.5, 0.6) is 0 Å². The third-order valence-corrected chi connectivity index (χ3v) is 3.46. The number of ether oxygens (including phenoxy) is 1. The van der Waals surface area contributed by atoms with Crippen molar-refractivity contribution in [3.63, 3.8) is 0 Å². The Kier molecular flexibility index (Phi) is 4.34. The molecule has 17 heavy (non-hydrogen) atoms.